The summed E-state index contributed by atoms with van der Waals surface area (Å²) in [6.07, 6.45) is 2.20. The standard InChI is InChI=1S/C12H15N3OS/c13-8-1-2-10-11(7-8)15-12(14-10)17-9-3-5-16-6-4-9/h1-2,7,9H,3-6,13H2,(H,14,15). The second-order valence-electron chi connectivity index (χ2n) is 4.25. The molecule has 0 saturated carbocycles. The molecule has 1 aromatic heterocycles. The molecular weight excluding hydrogens is 234 g/mol. The number of H-pyrrole nitrogens is 1. The highest BCUT2D eigenvalue weighted by Crippen LogP contribution is 2.29. The summed E-state index contributed by atoms with van der Waals surface area (Å²) in [5, 5.41) is 1.60. The van der Waals surface area contributed by atoms with E-state index < -0.39 is 0 Å². The molecule has 0 bridgehead atoms. The highest BCUT2D eigenvalue weighted by Gasteiger charge is 2.16. The second-order valence-corrected chi connectivity index (χ2v) is 5.54. The molecule has 0 spiro atoms. The van der Waals surface area contributed by atoms with E-state index in [-0.39, 0.29) is 0 Å². The molecular formula is C12H15N3OS. The van der Waals surface area contributed by atoms with Crippen molar-refractivity contribution >= 4 is 28.5 Å². The molecule has 2 heterocycles. The van der Waals surface area contributed by atoms with Crippen molar-refractivity contribution in [3.05, 3.63) is 18.2 Å². The molecule has 17 heavy (non-hydrogen) atoms. The lowest BCUT2D eigenvalue weighted by molar-refractivity contribution is 0.1000. The van der Waals surface area contributed by atoms with E-state index in [9.17, 15) is 0 Å². The number of nitrogens with zero attached hydrogens (tertiary/aromatic N) is 1. The summed E-state index contributed by atoms with van der Waals surface area (Å²) in [6, 6.07) is 5.76. The molecule has 0 amide bonds. The molecule has 1 fully saturated rings. The van der Waals surface area contributed by atoms with Crippen molar-refractivity contribution in [1.29, 1.82) is 0 Å². The van der Waals surface area contributed by atoms with Gasteiger partial charge in [0.15, 0.2) is 5.16 Å². The number of hydrogen-bond donors (Lipinski definition) is 2. The molecule has 2 aromatic rings. The molecule has 1 aliphatic heterocycles. The van der Waals surface area contributed by atoms with Crippen LogP contribution in [0.1, 0.15) is 12.8 Å². The van der Waals surface area contributed by atoms with E-state index in [1.807, 2.05) is 30.0 Å². The van der Waals surface area contributed by atoms with E-state index in [4.69, 9.17) is 10.5 Å². The number of nitrogens with one attached hydrogen (secondary N) is 1. The van der Waals surface area contributed by atoms with Crippen molar-refractivity contribution in [2.24, 2.45) is 0 Å². The molecule has 1 aromatic carbocycles. The number of nitrogen functional groups attached to an aromatic ring is 1. The van der Waals surface area contributed by atoms with Crippen LogP contribution in [0, 0.1) is 0 Å². The molecule has 4 nitrogen and oxygen atoms in total. The smallest absolute Gasteiger partial charge is 0.166 e. The Morgan fingerprint density at radius 3 is 3.00 bits per heavy atom. The average molecular weight is 249 g/mol. The largest absolute Gasteiger partial charge is 0.399 e. The maximum absolute atomic E-state index is 5.75. The Bertz CT molecular complexity index is 519. The SMILES string of the molecule is Nc1ccc2nc(SC3CCOCC3)[nH]c2c1. The van der Waals surface area contributed by atoms with E-state index >= 15 is 0 Å². The van der Waals surface area contributed by atoms with E-state index in [1.165, 1.54) is 0 Å². The maximum atomic E-state index is 5.75. The third-order valence-electron chi connectivity index (χ3n) is 2.93. The molecule has 1 saturated heterocycles. The van der Waals surface area contributed by atoms with E-state index in [2.05, 4.69) is 9.97 Å². The van der Waals surface area contributed by atoms with Crippen molar-refractivity contribution < 1.29 is 4.74 Å². The fourth-order valence-electron chi connectivity index (χ4n) is 2.01. The summed E-state index contributed by atoms with van der Waals surface area (Å²) >= 11 is 1.81. The van der Waals surface area contributed by atoms with Crippen LogP contribution in [0.15, 0.2) is 23.4 Å². The summed E-state index contributed by atoms with van der Waals surface area (Å²) in [5.74, 6) is 0. The summed E-state index contributed by atoms with van der Waals surface area (Å²) in [5.41, 5.74) is 8.51. The number of hydrogen-bond acceptors (Lipinski definition) is 4. The molecule has 0 radical (unpaired) electrons. The number of fused-ring (bicyclic) bond motifs is 1. The highest BCUT2D eigenvalue weighted by atomic mass is 32.2. The van der Waals surface area contributed by atoms with Crippen LogP contribution < -0.4 is 5.73 Å². The number of benzene rings is 1. The molecule has 3 N–H and O–H groups in total. The fourth-order valence-corrected chi connectivity index (χ4v) is 3.08. The van der Waals surface area contributed by atoms with Gasteiger partial charge < -0.3 is 15.5 Å². The van der Waals surface area contributed by atoms with Gasteiger partial charge in [-0.3, -0.25) is 0 Å². The van der Waals surface area contributed by atoms with Crippen molar-refractivity contribution in [2.75, 3.05) is 18.9 Å². The molecule has 0 aliphatic carbocycles. The summed E-state index contributed by atoms with van der Waals surface area (Å²) in [6.45, 7) is 1.73. The zero-order valence-electron chi connectivity index (χ0n) is 9.48. The van der Waals surface area contributed by atoms with E-state index in [0.717, 1.165) is 47.9 Å². The first kappa shape index (κ1) is 10.9. The van der Waals surface area contributed by atoms with Gasteiger partial charge in [-0.25, -0.2) is 4.98 Å². The molecule has 0 atom stereocenters. The quantitative estimate of drug-likeness (QED) is 0.802. The van der Waals surface area contributed by atoms with Crippen LogP contribution in [0.2, 0.25) is 0 Å². The first-order chi connectivity index (χ1) is 8.31. The Morgan fingerprint density at radius 1 is 1.35 bits per heavy atom. The van der Waals surface area contributed by atoms with Crippen LogP contribution in [-0.4, -0.2) is 28.4 Å². The lowest BCUT2D eigenvalue weighted by Gasteiger charge is -2.20. The van der Waals surface area contributed by atoms with Crippen LogP contribution >= 0.6 is 11.8 Å². The van der Waals surface area contributed by atoms with Gasteiger partial charge in [0.25, 0.3) is 0 Å². The van der Waals surface area contributed by atoms with Crippen LogP contribution in [0.4, 0.5) is 5.69 Å². The van der Waals surface area contributed by atoms with Crippen molar-refractivity contribution in [3.63, 3.8) is 0 Å². The van der Waals surface area contributed by atoms with Crippen LogP contribution in [0.3, 0.4) is 0 Å². The van der Waals surface area contributed by atoms with Crippen molar-refractivity contribution in [2.45, 2.75) is 23.2 Å². The highest BCUT2D eigenvalue weighted by molar-refractivity contribution is 7.99. The maximum Gasteiger partial charge on any atom is 0.166 e. The monoisotopic (exact) mass is 249 g/mol. The third-order valence-corrected chi connectivity index (χ3v) is 4.15. The molecule has 0 unspecified atom stereocenters. The number of aromatic nitrogens is 2. The number of rotatable bonds is 2. The summed E-state index contributed by atoms with van der Waals surface area (Å²) in [4.78, 5) is 7.87. The van der Waals surface area contributed by atoms with Crippen molar-refractivity contribution in [3.8, 4) is 0 Å². The Labute approximate surface area is 104 Å². The first-order valence-corrected chi connectivity index (χ1v) is 6.69. The second kappa shape index (κ2) is 4.58. The van der Waals surface area contributed by atoms with Crippen LogP contribution in [0.25, 0.3) is 11.0 Å². The van der Waals surface area contributed by atoms with Crippen molar-refractivity contribution in [1.82, 2.24) is 9.97 Å². The van der Waals surface area contributed by atoms with Gasteiger partial charge in [-0.05, 0) is 31.0 Å². The third kappa shape index (κ3) is 2.40. The first-order valence-electron chi connectivity index (χ1n) is 5.81. The zero-order valence-corrected chi connectivity index (χ0v) is 10.3. The minimum atomic E-state index is 0.613. The predicted octanol–water partition coefficient (Wildman–Crippen LogP) is 2.42. The zero-order chi connectivity index (χ0) is 11.7. The van der Waals surface area contributed by atoms with Gasteiger partial charge >= 0.3 is 0 Å². The lowest BCUT2D eigenvalue weighted by atomic mass is 10.2. The number of nitrogens with two attached hydrogens (primary N) is 1. The van der Waals surface area contributed by atoms with Gasteiger partial charge in [-0.1, -0.05) is 11.8 Å². The number of imidazole rings is 1. The predicted molar refractivity (Wildman–Crippen MR) is 70.2 cm³/mol. The van der Waals surface area contributed by atoms with Gasteiger partial charge in [0.05, 0.1) is 11.0 Å². The Morgan fingerprint density at radius 2 is 2.18 bits per heavy atom. The van der Waals surface area contributed by atoms with Gasteiger partial charge in [0, 0.05) is 24.2 Å². The minimum absolute atomic E-state index is 0.613. The van der Waals surface area contributed by atoms with Gasteiger partial charge in [-0.15, -0.1) is 0 Å². The number of aromatic amines is 1. The Balaban J connectivity index is 1.80. The van der Waals surface area contributed by atoms with Gasteiger partial charge in [-0.2, -0.15) is 0 Å². The lowest BCUT2D eigenvalue weighted by Crippen LogP contribution is -2.17. The molecule has 3 rings (SSSR count). The van der Waals surface area contributed by atoms with Crippen LogP contribution in [0.5, 0.6) is 0 Å². The molecule has 1 aliphatic rings. The summed E-state index contributed by atoms with van der Waals surface area (Å²) < 4.78 is 5.35. The molecule has 90 valence electrons. The topological polar surface area (TPSA) is 63.9 Å². The minimum Gasteiger partial charge on any atom is -0.399 e. The number of ether oxygens (including phenoxy) is 1. The van der Waals surface area contributed by atoms with Gasteiger partial charge in [0.1, 0.15) is 0 Å². The van der Waals surface area contributed by atoms with Gasteiger partial charge in [0.2, 0.25) is 0 Å². The number of anilines is 1. The Hall–Kier alpha value is -1.20. The summed E-state index contributed by atoms with van der Waals surface area (Å²) in [7, 11) is 0. The average Bonchev–Trinajstić information content (AvgIpc) is 2.71. The molecule has 5 heteroatoms. The van der Waals surface area contributed by atoms with E-state index in [0.29, 0.717) is 5.25 Å². The number of thioether (sulfide) groups is 1. The fraction of sp³-hybridized carbons (Fsp3) is 0.417. The van der Waals surface area contributed by atoms with E-state index in [1.54, 1.807) is 0 Å². The van der Waals surface area contributed by atoms with Crippen LogP contribution in [-0.2, 0) is 4.74 Å². The normalized spacial score (nSPS) is 17.6. The Kier molecular flexibility index (Phi) is 2.94.